The fourth-order valence-electron chi connectivity index (χ4n) is 1.36. The van der Waals surface area contributed by atoms with Gasteiger partial charge in [0.25, 0.3) is 0 Å². The Labute approximate surface area is 77.7 Å². The number of ketones is 1. The van der Waals surface area contributed by atoms with E-state index in [1.54, 1.807) is 0 Å². The Morgan fingerprint density at radius 2 is 2.46 bits per heavy atom. The Morgan fingerprint density at radius 3 is 3.08 bits per heavy atom. The Balaban J connectivity index is 2.03. The van der Waals surface area contributed by atoms with E-state index in [1.165, 1.54) is 12.8 Å². The summed E-state index contributed by atoms with van der Waals surface area (Å²) in [6.45, 7) is 2.85. The van der Waals surface area contributed by atoms with E-state index in [4.69, 9.17) is 0 Å². The van der Waals surface area contributed by atoms with E-state index >= 15 is 0 Å². The third-order valence-electron chi connectivity index (χ3n) is 2.39. The zero-order valence-corrected chi connectivity index (χ0v) is 7.86. The lowest BCUT2D eigenvalue weighted by atomic mass is 10.2. The van der Waals surface area contributed by atoms with Gasteiger partial charge in [0.1, 0.15) is 5.69 Å². The molecule has 3 nitrogen and oxygen atoms in total. The molecule has 1 fully saturated rings. The molecule has 1 aliphatic carbocycles. The van der Waals surface area contributed by atoms with Crippen LogP contribution >= 0.6 is 0 Å². The van der Waals surface area contributed by atoms with Crippen LogP contribution < -0.4 is 0 Å². The minimum atomic E-state index is 0.134. The van der Waals surface area contributed by atoms with Crippen molar-refractivity contribution in [1.82, 2.24) is 9.78 Å². The van der Waals surface area contributed by atoms with Gasteiger partial charge in [0.2, 0.25) is 0 Å². The van der Waals surface area contributed by atoms with Crippen LogP contribution in [0.3, 0.4) is 0 Å². The highest BCUT2D eigenvalue weighted by Gasteiger charge is 2.22. The molecule has 0 unspecified atom stereocenters. The molecule has 0 saturated heterocycles. The smallest absolute Gasteiger partial charge is 0.182 e. The average molecular weight is 178 g/mol. The molecule has 13 heavy (non-hydrogen) atoms. The predicted octanol–water partition coefficient (Wildman–Crippen LogP) is 1.89. The van der Waals surface area contributed by atoms with E-state index in [-0.39, 0.29) is 5.78 Å². The number of carbonyl (C=O) groups is 1. The van der Waals surface area contributed by atoms with Crippen molar-refractivity contribution in [2.75, 3.05) is 0 Å². The molecule has 0 spiro atoms. The number of aromatic nitrogens is 2. The van der Waals surface area contributed by atoms with Crippen LogP contribution in [0.2, 0.25) is 0 Å². The Kier molecular flexibility index (Phi) is 2.17. The van der Waals surface area contributed by atoms with E-state index in [0.29, 0.717) is 12.1 Å². The number of hydrogen-bond donors (Lipinski definition) is 0. The van der Waals surface area contributed by atoms with Gasteiger partial charge in [-0.2, -0.15) is 5.10 Å². The lowest BCUT2D eigenvalue weighted by Gasteiger charge is -1.96. The number of nitrogens with zero attached hydrogens (tertiary/aromatic N) is 2. The van der Waals surface area contributed by atoms with Gasteiger partial charge in [0.15, 0.2) is 5.78 Å². The molecule has 3 heteroatoms. The van der Waals surface area contributed by atoms with Crippen LogP contribution in [0.4, 0.5) is 0 Å². The molecule has 1 saturated carbocycles. The highest BCUT2D eigenvalue weighted by molar-refractivity contribution is 5.93. The van der Waals surface area contributed by atoms with E-state index < -0.39 is 0 Å². The summed E-state index contributed by atoms with van der Waals surface area (Å²) in [5, 5.41) is 4.23. The first-order valence-corrected chi connectivity index (χ1v) is 4.86. The Bertz CT molecular complexity index is 312. The summed E-state index contributed by atoms with van der Waals surface area (Å²) in [5.41, 5.74) is 0.614. The molecule has 0 aromatic carbocycles. The summed E-state index contributed by atoms with van der Waals surface area (Å²) in [7, 11) is 0. The Hall–Kier alpha value is -1.12. The van der Waals surface area contributed by atoms with E-state index in [1.807, 2.05) is 23.9 Å². The normalized spacial score (nSPS) is 16.1. The molecule has 0 bridgehead atoms. The van der Waals surface area contributed by atoms with Gasteiger partial charge >= 0.3 is 0 Å². The summed E-state index contributed by atoms with van der Waals surface area (Å²) < 4.78 is 1.89. The highest BCUT2D eigenvalue weighted by atomic mass is 16.1. The van der Waals surface area contributed by atoms with E-state index in [9.17, 15) is 4.79 Å². The summed E-state index contributed by atoms with van der Waals surface area (Å²) in [6, 6.07) is 1.81. The van der Waals surface area contributed by atoms with Crippen LogP contribution in [0.1, 0.15) is 36.7 Å². The van der Waals surface area contributed by atoms with Gasteiger partial charge in [-0.3, -0.25) is 9.48 Å². The van der Waals surface area contributed by atoms with Crippen molar-refractivity contribution in [2.24, 2.45) is 5.92 Å². The van der Waals surface area contributed by atoms with Gasteiger partial charge in [-0.25, -0.2) is 0 Å². The van der Waals surface area contributed by atoms with Crippen molar-refractivity contribution in [2.45, 2.75) is 32.7 Å². The number of hydrogen-bond acceptors (Lipinski definition) is 2. The quantitative estimate of drug-likeness (QED) is 0.660. The summed E-state index contributed by atoms with van der Waals surface area (Å²) in [6.07, 6.45) is 5.08. The van der Waals surface area contributed by atoms with Gasteiger partial charge in [0, 0.05) is 19.2 Å². The molecule has 2 rings (SSSR count). The zero-order chi connectivity index (χ0) is 9.26. The molecule has 0 amide bonds. The molecule has 0 radical (unpaired) electrons. The number of Topliss-reactive ketones (excluding diaryl/α,β-unsaturated/α-hetero) is 1. The monoisotopic (exact) mass is 178 g/mol. The molecule has 70 valence electrons. The fourth-order valence-corrected chi connectivity index (χ4v) is 1.36. The van der Waals surface area contributed by atoms with Crippen LogP contribution in [0.15, 0.2) is 12.3 Å². The second kappa shape index (κ2) is 3.32. The first-order chi connectivity index (χ1) is 6.29. The molecule has 1 aliphatic rings. The molecule has 1 aromatic rings. The van der Waals surface area contributed by atoms with Crippen molar-refractivity contribution < 1.29 is 4.79 Å². The van der Waals surface area contributed by atoms with Gasteiger partial charge in [0.05, 0.1) is 0 Å². The summed E-state index contributed by atoms with van der Waals surface area (Å²) in [4.78, 5) is 11.3. The van der Waals surface area contributed by atoms with Crippen LogP contribution in [-0.2, 0) is 6.54 Å². The van der Waals surface area contributed by atoms with Gasteiger partial charge in [-0.05, 0) is 24.8 Å². The van der Waals surface area contributed by atoms with Crippen molar-refractivity contribution in [3.8, 4) is 0 Å². The van der Waals surface area contributed by atoms with Crippen molar-refractivity contribution in [1.29, 1.82) is 0 Å². The second-order valence-corrected chi connectivity index (χ2v) is 3.64. The molecular weight excluding hydrogens is 164 g/mol. The maximum atomic E-state index is 11.3. The lowest BCUT2D eigenvalue weighted by Crippen LogP contribution is -2.03. The maximum absolute atomic E-state index is 11.3. The van der Waals surface area contributed by atoms with E-state index in [0.717, 1.165) is 12.5 Å². The van der Waals surface area contributed by atoms with Crippen molar-refractivity contribution in [3.63, 3.8) is 0 Å². The SMILES string of the molecule is CCC(=O)c1ccn(CC2CC2)n1. The molecule has 0 N–H and O–H groups in total. The van der Waals surface area contributed by atoms with Crippen LogP contribution in [-0.4, -0.2) is 15.6 Å². The molecular formula is C10H14N2O. The molecule has 0 atom stereocenters. The predicted molar refractivity (Wildman–Crippen MR) is 49.6 cm³/mol. The van der Waals surface area contributed by atoms with E-state index in [2.05, 4.69) is 5.10 Å². The standard InChI is InChI=1S/C10H14N2O/c1-2-10(13)9-5-6-12(11-9)7-8-3-4-8/h5-6,8H,2-4,7H2,1H3. The number of carbonyl (C=O) groups excluding carboxylic acids is 1. The molecule has 1 aromatic heterocycles. The Morgan fingerprint density at radius 1 is 1.69 bits per heavy atom. The van der Waals surface area contributed by atoms with Crippen molar-refractivity contribution >= 4 is 5.78 Å². The third kappa shape index (κ3) is 1.97. The summed E-state index contributed by atoms with van der Waals surface area (Å²) >= 11 is 0. The first-order valence-electron chi connectivity index (χ1n) is 4.86. The minimum Gasteiger partial charge on any atom is -0.292 e. The lowest BCUT2D eigenvalue weighted by molar-refractivity contribution is 0.0982. The van der Waals surface area contributed by atoms with Crippen molar-refractivity contribution in [3.05, 3.63) is 18.0 Å². The van der Waals surface area contributed by atoms with Crippen LogP contribution in [0, 0.1) is 5.92 Å². The van der Waals surface area contributed by atoms with Crippen LogP contribution in [0.5, 0.6) is 0 Å². The minimum absolute atomic E-state index is 0.134. The topological polar surface area (TPSA) is 34.9 Å². The largest absolute Gasteiger partial charge is 0.292 e. The third-order valence-corrected chi connectivity index (χ3v) is 2.39. The average Bonchev–Trinajstić information content (AvgIpc) is 2.81. The fraction of sp³-hybridized carbons (Fsp3) is 0.600. The van der Waals surface area contributed by atoms with Crippen LogP contribution in [0.25, 0.3) is 0 Å². The summed E-state index contributed by atoms with van der Waals surface area (Å²) in [5.74, 6) is 0.944. The first kappa shape index (κ1) is 8.48. The number of rotatable bonds is 4. The molecule has 0 aliphatic heterocycles. The zero-order valence-electron chi connectivity index (χ0n) is 7.86. The highest BCUT2D eigenvalue weighted by Crippen LogP contribution is 2.30. The second-order valence-electron chi connectivity index (χ2n) is 3.64. The van der Waals surface area contributed by atoms with Gasteiger partial charge < -0.3 is 0 Å². The van der Waals surface area contributed by atoms with Gasteiger partial charge in [-0.15, -0.1) is 0 Å². The molecule has 1 heterocycles. The van der Waals surface area contributed by atoms with Gasteiger partial charge in [-0.1, -0.05) is 6.92 Å². The maximum Gasteiger partial charge on any atom is 0.182 e.